The molecule has 31 heavy (non-hydrogen) atoms. The molecule has 0 aromatic heterocycles. The Kier molecular flexibility index (Phi) is 7.45. The molecule has 164 valence electrons. The van der Waals surface area contributed by atoms with E-state index in [4.69, 9.17) is 14.2 Å². The summed E-state index contributed by atoms with van der Waals surface area (Å²) >= 11 is 0. The number of nitrogens with one attached hydrogen (secondary N) is 2. The van der Waals surface area contributed by atoms with Crippen molar-refractivity contribution in [1.29, 1.82) is 0 Å². The number of rotatable bonds is 7. The number of ether oxygens (including phenoxy) is 3. The lowest BCUT2D eigenvalue weighted by atomic mass is 10.2. The lowest BCUT2D eigenvalue weighted by Crippen LogP contribution is -2.47. The average molecular weight is 427 g/mol. The van der Waals surface area contributed by atoms with Gasteiger partial charge in [-0.05, 0) is 30.3 Å². The predicted octanol–water partition coefficient (Wildman–Crippen LogP) is 0.935. The van der Waals surface area contributed by atoms with Crippen LogP contribution in [0.1, 0.15) is 15.9 Å². The summed E-state index contributed by atoms with van der Waals surface area (Å²) in [5.74, 6) is -0.536. The molecule has 1 saturated heterocycles. The van der Waals surface area contributed by atoms with Crippen LogP contribution >= 0.6 is 0 Å². The van der Waals surface area contributed by atoms with Crippen molar-refractivity contribution in [2.45, 2.75) is 12.8 Å². The molecule has 2 N–H and O–H groups in total. The van der Waals surface area contributed by atoms with Gasteiger partial charge in [-0.2, -0.15) is 0 Å². The number of methoxy groups -OCH3 is 2. The van der Waals surface area contributed by atoms with Crippen molar-refractivity contribution >= 4 is 17.7 Å². The Morgan fingerprint density at radius 2 is 1.71 bits per heavy atom. The highest BCUT2D eigenvalue weighted by atomic mass is 16.5. The molecular formula is C22H25N3O6. The molecule has 1 atom stereocenters. The quantitative estimate of drug-likeness (QED) is 0.637. The van der Waals surface area contributed by atoms with E-state index < -0.39 is 18.0 Å². The van der Waals surface area contributed by atoms with Crippen LogP contribution in [0.25, 0.3) is 0 Å². The van der Waals surface area contributed by atoms with E-state index in [-0.39, 0.29) is 19.0 Å². The van der Waals surface area contributed by atoms with Crippen molar-refractivity contribution in [3.63, 3.8) is 0 Å². The van der Waals surface area contributed by atoms with Crippen LogP contribution in [0.15, 0.2) is 48.5 Å². The summed E-state index contributed by atoms with van der Waals surface area (Å²) in [5.41, 5.74) is 1.23. The number of carbonyl (C=O) groups excluding carboxylic acids is 3. The molecule has 2 aromatic rings. The Morgan fingerprint density at radius 1 is 1.00 bits per heavy atom. The molecule has 0 saturated carbocycles. The fourth-order valence-corrected chi connectivity index (χ4v) is 3.19. The van der Waals surface area contributed by atoms with Gasteiger partial charge in [-0.25, -0.2) is 0 Å². The zero-order valence-electron chi connectivity index (χ0n) is 17.4. The van der Waals surface area contributed by atoms with Crippen LogP contribution in [0.2, 0.25) is 0 Å². The molecular weight excluding hydrogens is 402 g/mol. The number of carbonyl (C=O) groups is 3. The first-order valence-electron chi connectivity index (χ1n) is 9.78. The molecule has 1 aliphatic rings. The van der Waals surface area contributed by atoms with Crippen LogP contribution in [0.3, 0.4) is 0 Å². The summed E-state index contributed by atoms with van der Waals surface area (Å²) < 4.78 is 15.9. The molecule has 9 heteroatoms. The molecule has 1 fully saturated rings. The first-order chi connectivity index (χ1) is 15.0. The Morgan fingerprint density at radius 3 is 2.42 bits per heavy atom. The monoisotopic (exact) mass is 427 g/mol. The number of nitrogens with zero attached hydrogens (tertiary/aromatic N) is 1. The van der Waals surface area contributed by atoms with Gasteiger partial charge in [-0.15, -0.1) is 0 Å². The Labute approximate surface area is 180 Å². The largest absolute Gasteiger partial charge is 0.497 e. The second kappa shape index (κ2) is 10.4. The van der Waals surface area contributed by atoms with Gasteiger partial charge in [0.25, 0.3) is 5.91 Å². The maximum Gasteiger partial charge on any atom is 0.309 e. The number of hydrogen-bond acceptors (Lipinski definition) is 6. The van der Waals surface area contributed by atoms with Gasteiger partial charge in [0, 0.05) is 24.2 Å². The van der Waals surface area contributed by atoms with Crippen molar-refractivity contribution in [3.8, 4) is 11.5 Å². The Hall–Kier alpha value is -3.59. The molecule has 3 rings (SSSR count). The summed E-state index contributed by atoms with van der Waals surface area (Å²) in [6.45, 7) is 0.898. The minimum atomic E-state index is -0.803. The molecule has 2 aromatic carbocycles. The standard InChI is InChI=1S/C22H25N3O6/c1-29-17-9-7-15(8-10-17)22(28)25-11-12-31-19(25)14-24-21(27)20(26)23-13-16-5-3-4-6-18(16)30-2/h3-10,19H,11-14H2,1-2H3,(H,23,26)(H,24,27)/t19-/m1/s1. The van der Waals surface area contributed by atoms with Crippen LogP contribution in [-0.2, 0) is 20.9 Å². The third-order valence-electron chi connectivity index (χ3n) is 4.86. The van der Waals surface area contributed by atoms with Gasteiger partial charge in [0.15, 0.2) is 0 Å². The molecule has 0 spiro atoms. The second-order valence-electron chi connectivity index (χ2n) is 6.76. The highest BCUT2D eigenvalue weighted by Crippen LogP contribution is 2.18. The van der Waals surface area contributed by atoms with E-state index in [9.17, 15) is 14.4 Å². The molecule has 0 radical (unpaired) electrons. The molecule has 0 bridgehead atoms. The lowest BCUT2D eigenvalue weighted by Gasteiger charge is -2.23. The van der Waals surface area contributed by atoms with Crippen molar-refractivity contribution in [3.05, 3.63) is 59.7 Å². The zero-order valence-corrected chi connectivity index (χ0v) is 17.4. The van der Waals surface area contributed by atoms with E-state index in [0.29, 0.717) is 30.2 Å². The predicted molar refractivity (Wildman–Crippen MR) is 112 cm³/mol. The van der Waals surface area contributed by atoms with E-state index in [1.807, 2.05) is 12.1 Å². The van der Waals surface area contributed by atoms with Crippen LogP contribution in [0.5, 0.6) is 11.5 Å². The normalized spacial score (nSPS) is 15.3. The minimum absolute atomic E-state index is 0.00278. The smallest absolute Gasteiger partial charge is 0.309 e. The molecule has 1 aliphatic heterocycles. The Balaban J connectivity index is 1.51. The van der Waals surface area contributed by atoms with Gasteiger partial charge in [0.2, 0.25) is 0 Å². The van der Waals surface area contributed by atoms with E-state index in [0.717, 1.165) is 5.56 Å². The number of benzene rings is 2. The molecule has 9 nitrogen and oxygen atoms in total. The number of hydrogen-bond donors (Lipinski definition) is 2. The van der Waals surface area contributed by atoms with Gasteiger partial charge in [0.05, 0.1) is 27.4 Å². The van der Waals surface area contributed by atoms with E-state index >= 15 is 0 Å². The number of amides is 3. The molecule has 0 unspecified atom stereocenters. The van der Waals surface area contributed by atoms with Crippen LogP contribution in [0.4, 0.5) is 0 Å². The SMILES string of the molecule is COc1ccc(C(=O)N2CCO[C@@H]2CNC(=O)C(=O)NCc2ccccc2OC)cc1. The third kappa shape index (κ3) is 5.52. The highest BCUT2D eigenvalue weighted by molar-refractivity contribution is 6.35. The highest BCUT2D eigenvalue weighted by Gasteiger charge is 2.31. The van der Waals surface area contributed by atoms with Gasteiger partial charge in [-0.3, -0.25) is 14.4 Å². The van der Waals surface area contributed by atoms with Crippen LogP contribution < -0.4 is 20.1 Å². The third-order valence-corrected chi connectivity index (χ3v) is 4.86. The van der Waals surface area contributed by atoms with E-state index in [1.165, 1.54) is 12.0 Å². The maximum absolute atomic E-state index is 12.8. The second-order valence-corrected chi connectivity index (χ2v) is 6.76. The molecule has 0 aliphatic carbocycles. The number of para-hydroxylation sites is 1. The lowest BCUT2D eigenvalue weighted by molar-refractivity contribution is -0.139. The first kappa shape index (κ1) is 22.1. The van der Waals surface area contributed by atoms with Gasteiger partial charge in [-0.1, -0.05) is 18.2 Å². The topological polar surface area (TPSA) is 106 Å². The summed E-state index contributed by atoms with van der Waals surface area (Å²) in [6.07, 6.45) is -0.652. The van der Waals surface area contributed by atoms with Crippen LogP contribution in [0, 0.1) is 0 Å². The summed E-state index contributed by atoms with van der Waals surface area (Å²) in [6, 6.07) is 13.9. The van der Waals surface area contributed by atoms with Gasteiger partial charge < -0.3 is 29.7 Å². The first-order valence-corrected chi connectivity index (χ1v) is 9.78. The van der Waals surface area contributed by atoms with Gasteiger partial charge in [0.1, 0.15) is 17.7 Å². The zero-order chi connectivity index (χ0) is 22.2. The van der Waals surface area contributed by atoms with E-state index in [1.54, 1.807) is 43.5 Å². The summed E-state index contributed by atoms with van der Waals surface area (Å²) in [5, 5.41) is 5.08. The summed E-state index contributed by atoms with van der Waals surface area (Å²) in [7, 11) is 3.09. The van der Waals surface area contributed by atoms with Gasteiger partial charge >= 0.3 is 11.8 Å². The van der Waals surface area contributed by atoms with Crippen molar-refractivity contribution < 1.29 is 28.6 Å². The fraction of sp³-hybridized carbons (Fsp3) is 0.318. The minimum Gasteiger partial charge on any atom is -0.497 e. The molecule has 1 heterocycles. The maximum atomic E-state index is 12.8. The van der Waals surface area contributed by atoms with Crippen LogP contribution in [-0.4, -0.2) is 62.8 Å². The van der Waals surface area contributed by atoms with Crippen molar-refractivity contribution in [2.24, 2.45) is 0 Å². The fourth-order valence-electron chi connectivity index (χ4n) is 3.19. The van der Waals surface area contributed by atoms with E-state index in [2.05, 4.69) is 10.6 Å². The van der Waals surface area contributed by atoms with Crippen molar-refractivity contribution in [1.82, 2.24) is 15.5 Å². The molecule has 3 amide bonds. The van der Waals surface area contributed by atoms with Crippen molar-refractivity contribution in [2.75, 3.05) is 33.9 Å². The Bertz CT molecular complexity index is 931. The summed E-state index contributed by atoms with van der Waals surface area (Å²) in [4.78, 5) is 38.6. The average Bonchev–Trinajstić information content (AvgIpc) is 3.29.